The van der Waals surface area contributed by atoms with E-state index in [-0.39, 0.29) is 5.82 Å². The van der Waals surface area contributed by atoms with E-state index in [4.69, 9.17) is 9.47 Å². The van der Waals surface area contributed by atoms with Crippen LogP contribution in [0.4, 0.5) is 4.39 Å². The van der Waals surface area contributed by atoms with Crippen LogP contribution in [0, 0.1) is 5.82 Å². The largest absolute Gasteiger partial charge is 0.379 e. The first-order valence-corrected chi connectivity index (χ1v) is 8.51. The molecule has 1 saturated heterocycles. The van der Waals surface area contributed by atoms with Crippen molar-refractivity contribution in [3.63, 3.8) is 0 Å². The Morgan fingerprint density at radius 2 is 2.21 bits per heavy atom. The summed E-state index contributed by atoms with van der Waals surface area (Å²) < 4.78 is 24.2. The topological polar surface area (TPSA) is 59.2 Å². The normalized spacial score (nSPS) is 17.5. The summed E-state index contributed by atoms with van der Waals surface area (Å²) >= 11 is 0. The molecule has 1 aromatic heterocycles. The van der Waals surface area contributed by atoms with Gasteiger partial charge in [-0.2, -0.15) is 5.10 Å². The average Bonchev–Trinajstić information content (AvgIpc) is 3.26. The number of halogens is 1. The van der Waals surface area contributed by atoms with Gasteiger partial charge in [0.25, 0.3) is 0 Å². The molecule has 0 saturated carbocycles. The summed E-state index contributed by atoms with van der Waals surface area (Å²) in [5.74, 6) is -0.235. The van der Waals surface area contributed by atoms with Gasteiger partial charge in [0.2, 0.25) is 0 Å². The van der Waals surface area contributed by atoms with Gasteiger partial charge in [-0.1, -0.05) is 0 Å². The van der Waals surface area contributed by atoms with E-state index in [0.29, 0.717) is 12.7 Å². The van der Waals surface area contributed by atoms with E-state index in [0.717, 1.165) is 62.4 Å². The summed E-state index contributed by atoms with van der Waals surface area (Å²) in [4.78, 5) is 0. The van der Waals surface area contributed by atoms with Crippen LogP contribution in [-0.4, -0.2) is 42.7 Å². The van der Waals surface area contributed by atoms with Gasteiger partial charge in [-0.3, -0.25) is 5.10 Å². The van der Waals surface area contributed by atoms with Crippen LogP contribution in [0.25, 0.3) is 11.3 Å². The van der Waals surface area contributed by atoms with Crippen LogP contribution in [0.2, 0.25) is 0 Å². The van der Waals surface area contributed by atoms with Gasteiger partial charge in [-0.15, -0.1) is 0 Å². The lowest BCUT2D eigenvalue weighted by molar-refractivity contribution is 0.0166. The minimum absolute atomic E-state index is 0.235. The Kier molecular flexibility index (Phi) is 6.34. The molecule has 2 N–H and O–H groups in total. The predicted molar refractivity (Wildman–Crippen MR) is 90.1 cm³/mol. The molecule has 24 heavy (non-hydrogen) atoms. The number of hydrogen-bond donors (Lipinski definition) is 2. The second kappa shape index (κ2) is 8.92. The Morgan fingerprint density at radius 1 is 1.33 bits per heavy atom. The maximum absolute atomic E-state index is 13.0. The number of nitrogens with zero attached hydrogens (tertiary/aromatic N) is 1. The van der Waals surface area contributed by atoms with Crippen molar-refractivity contribution < 1.29 is 13.9 Å². The molecule has 0 unspecified atom stereocenters. The van der Waals surface area contributed by atoms with Crippen LogP contribution >= 0.6 is 0 Å². The Hall–Kier alpha value is -1.76. The smallest absolute Gasteiger partial charge is 0.123 e. The Balaban J connectivity index is 1.35. The second-order valence-corrected chi connectivity index (χ2v) is 6.02. The SMILES string of the molecule is Fc1ccc(-c2[nH]ncc2CNCCCOC[C@H]2CCCO2)cc1. The fourth-order valence-corrected chi connectivity index (χ4v) is 2.82. The Labute approximate surface area is 141 Å². The monoisotopic (exact) mass is 333 g/mol. The number of benzene rings is 1. The van der Waals surface area contributed by atoms with Gasteiger partial charge in [0.15, 0.2) is 0 Å². The fraction of sp³-hybridized carbons (Fsp3) is 0.500. The highest BCUT2D eigenvalue weighted by molar-refractivity contribution is 5.62. The summed E-state index contributed by atoms with van der Waals surface area (Å²) in [5.41, 5.74) is 2.93. The molecule has 0 amide bonds. The molecule has 5 nitrogen and oxygen atoms in total. The van der Waals surface area contributed by atoms with Gasteiger partial charge in [0.1, 0.15) is 5.82 Å². The van der Waals surface area contributed by atoms with Crippen molar-refractivity contribution in [3.8, 4) is 11.3 Å². The van der Waals surface area contributed by atoms with Crippen molar-refractivity contribution in [1.29, 1.82) is 0 Å². The van der Waals surface area contributed by atoms with Crippen molar-refractivity contribution in [2.75, 3.05) is 26.4 Å². The first-order valence-electron chi connectivity index (χ1n) is 8.51. The van der Waals surface area contributed by atoms with Crippen LogP contribution in [0.15, 0.2) is 30.5 Å². The first kappa shape index (κ1) is 17.1. The Morgan fingerprint density at radius 3 is 3.00 bits per heavy atom. The third-order valence-electron chi connectivity index (χ3n) is 4.14. The molecule has 2 aromatic rings. The van der Waals surface area contributed by atoms with Crippen molar-refractivity contribution in [3.05, 3.63) is 41.8 Å². The lowest BCUT2D eigenvalue weighted by Gasteiger charge is -2.10. The van der Waals surface area contributed by atoms with Crippen molar-refractivity contribution in [2.24, 2.45) is 0 Å². The van der Waals surface area contributed by atoms with Crippen LogP contribution in [0.1, 0.15) is 24.8 Å². The molecule has 1 atom stereocenters. The molecule has 1 aliphatic rings. The maximum Gasteiger partial charge on any atom is 0.123 e. The second-order valence-electron chi connectivity index (χ2n) is 6.02. The highest BCUT2D eigenvalue weighted by Gasteiger charge is 2.14. The number of aromatic amines is 1. The van der Waals surface area contributed by atoms with Crippen molar-refractivity contribution in [2.45, 2.75) is 31.9 Å². The molecule has 0 bridgehead atoms. The van der Waals surface area contributed by atoms with E-state index in [2.05, 4.69) is 15.5 Å². The summed E-state index contributed by atoms with van der Waals surface area (Å²) in [6.45, 7) is 3.91. The van der Waals surface area contributed by atoms with Crippen LogP contribution in [0.5, 0.6) is 0 Å². The molecule has 1 aromatic carbocycles. The third kappa shape index (κ3) is 4.87. The van der Waals surface area contributed by atoms with Crippen LogP contribution in [-0.2, 0) is 16.0 Å². The highest BCUT2D eigenvalue weighted by Crippen LogP contribution is 2.21. The zero-order valence-corrected chi connectivity index (χ0v) is 13.8. The van der Waals surface area contributed by atoms with Gasteiger partial charge in [0.05, 0.1) is 24.6 Å². The summed E-state index contributed by atoms with van der Waals surface area (Å²) in [5, 5.41) is 10.5. The number of hydrogen-bond acceptors (Lipinski definition) is 4. The molecular formula is C18H24FN3O2. The maximum atomic E-state index is 13.0. The highest BCUT2D eigenvalue weighted by atomic mass is 19.1. The molecule has 1 aliphatic heterocycles. The van der Waals surface area contributed by atoms with E-state index in [1.165, 1.54) is 12.1 Å². The van der Waals surface area contributed by atoms with Crippen molar-refractivity contribution >= 4 is 0 Å². The summed E-state index contributed by atoms with van der Waals surface area (Å²) in [7, 11) is 0. The molecule has 0 aliphatic carbocycles. The molecule has 2 heterocycles. The standard InChI is InChI=1S/C18H24FN3O2/c19-16-6-4-14(5-7-16)18-15(12-21-22-18)11-20-8-2-9-23-13-17-3-1-10-24-17/h4-7,12,17,20H,1-3,8-11,13H2,(H,21,22)/t17-/m1/s1. The first-order chi connectivity index (χ1) is 11.8. The summed E-state index contributed by atoms with van der Waals surface area (Å²) in [6, 6.07) is 6.42. The molecule has 0 radical (unpaired) electrons. The van der Waals surface area contributed by atoms with E-state index in [1.54, 1.807) is 18.3 Å². The zero-order chi connectivity index (χ0) is 16.6. The molecule has 0 spiro atoms. The van der Waals surface area contributed by atoms with Crippen molar-refractivity contribution in [1.82, 2.24) is 15.5 Å². The molecular weight excluding hydrogens is 309 g/mol. The summed E-state index contributed by atoms with van der Waals surface area (Å²) in [6.07, 6.45) is 5.32. The predicted octanol–water partition coefficient (Wildman–Crippen LogP) is 2.89. The van der Waals surface area contributed by atoms with E-state index in [1.807, 2.05) is 0 Å². The Bertz CT molecular complexity index is 609. The number of aromatic nitrogens is 2. The average molecular weight is 333 g/mol. The quantitative estimate of drug-likeness (QED) is 0.693. The van der Waals surface area contributed by atoms with Crippen LogP contribution < -0.4 is 5.32 Å². The third-order valence-corrected chi connectivity index (χ3v) is 4.14. The molecule has 6 heteroatoms. The molecule has 1 fully saturated rings. The zero-order valence-electron chi connectivity index (χ0n) is 13.8. The van der Waals surface area contributed by atoms with Gasteiger partial charge in [0, 0.05) is 30.9 Å². The van der Waals surface area contributed by atoms with Gasteiger partial charge < -0.3 is 14.8 Å². The molecule has 130 valence electrons. The molecule has 3 rings (SSSR count). The van der Waals surface area contributed by atoms with Gasteiger partial charge >= 0.3 is 0 Å². The number of H-pyrrole nitrogens is 1. The minimum Gasteiger partial charge on any atom is -0.379 e. The fourth-order valence-electron chi connectivity index (χ4n) is 2.82. The van der Waals surface area contributed by atoms with Crippen LogP contribution in [0.3, 0.4) is 0 Å². The lowest BCUT2D eigenvalue weighted by atomic mass is 10.1. The van der Waals surface area contributed by atoms with Gasteiger partial charge in [-0.25, -0.2) is 4.39 Å². The lowest BCUT2D eigenvalue weighted by Crippen LogP contribution is -2.19. The van der Waals surface area contributed by atoms with E-state index < -0.39 is 0 Å². The minimum atomic E-state index is -0.235. The number of rotatable bonds is 9. The number of nitrogens with one attached hydrogen (secondary N) is 2. The van der Waals surface area contributed by atoms with E-state index >= 15 is 0 Å². The van der Waals surface area contributed by atoms with E-state index in [9.17, 15) is 4.39 Å². The number of ether oxygens (including phenoxy) is 2. The van der Waals surface area contributed by atoms with Gasteiger partial charge in [-0.05, 0) is 50.1 Å².